The van der Waals surface area contributed by atoms with E-state index < -0.39 is 0 Å². The van der Waals surface area contributed by atoms with Crippen LogP contribution in [0.3, 0.4) is 0 Å². The number of hydrogen-bond acceptors (Lipinski definition) is 7. The van der Waals surface area contributed by atoms with Crippen molar-refractivity contribution in [1.29, 1.82) is 0 Å². The van der Waals surface area contributed by atoms with Crippen LogP contribution in [0.5, 0.6) is 0 Å². The summed E-state index contributed by atoms with van der Waals surface area (Å²) in [5.74, 6) is 0. The zero-order valence-electron chi connectivity index (χ0n) is 20.0. The minimum atomic E-state index is -0.376. The molecule has 4 aromatic rings. The van der Waals surface area contributed by atoms with E-state index in [9.17, 15) is 9.59 Å². The molecule has 1 unspecified atom stereocenters. The molecule has 1 N–H and O–H groups in total. The van der Waals surface area contributed by atoms with E-state index in [0.29, 0.717) is 28.7 Å². The molecule has 36 heavy (non-hydrogen) atoms. The molecule has 0 saturated carbocycles. The first-order valence-corrected chi connectivity index (χ1v) is 13.1. The summed E-state index contributed by atoms with van der Waals surface area (Å²) >= 11 is 14.6. The summed E-state index contributed by atoms with van der Waals surface area (Å²) in [7, 11) is 1.61. The first-order chi connectivity index (χ1) is 17.1. The molecule has 0 bridgehead atoms. The van der Waals surface area contributed by atoms with Gasteiger partial charge in [0.25, 0.3) is 5.56 Å². The van der Waals surface area contributed by atoms with Gasteiger partial charge in [-0.25, -0.2) is 14.8 Å². The summed E-state index contributed by atoms with van der Waals surface area (Å²) in [6, 6.07) is 6.86. The Morgan fingerprint density at radius 2 is 2.03 bits per heavy atom. The van der Waals surface area contributed by atoms with Crippen LogP contribution in [0.1, 0.15) is 24.3 Å². The highest BCUT2D eigenvalue weighted by atomic mass is 35.5. The SMILES string of the molecule is Cn1ccc(=O)n(Cc2cc3ncnc(-c4cc(Cl)cc(Cl)c4CC4CNCC(C)(C)O4)c3s2)c1=O. The highest BCUT2D eigenvalue weighted by molar-refractivity contribution is 7.19. The van der Waals surface area contributed by atoms with Crippen LogP contribution in [0.2, 0.25) is 10.0 Å². The van der Waals surface area contributed by atoms with Crippen LogP contribution < -0.4 is 16.6 Å². The second-order valence-corrected chi connectivity index (χ2v) is 11.5. The third-order valence-corrected chi connectivity index (χ3v) is 7.84. The Morgan fingerprint density at radius 1 is 1.22 bits per heavy atom. The van der Waals surface area contributed by atoms with Gasteiger partial charge < -0.3 is 14.6 Å². The van der Waals surface area contributed by atoms with Gasteiger partial charge in [-0.05, 0) is 37.6 Å². The average Bonchev–Trinajstić information content (AvgIpc) is 3.23. The number of morpholine rings is 1. The number of hydrogen-bond donors (Lipinski definition) is 1. The number of ether oxygens (including phenoxy) is 1. The fourth-order valence-corrected chi connectivity index (χ4v) is 6.19. The van der Waals surface area contributed by atoms with Gasteiger partial charge in [0.05, 0.1) is 34.2 Å². The molecule has 1 aliphatic rings. The maximum absolute atomic E-state index is 12.5. The standard InChI is InChI=1S/C25H25Cl2N5O3S/c1-25(2)12-28-10-15(35-25)8-17-18(6-14(26)7-19(17)27)22-23-20(29-13-30-22)9-16(36-23)11-32-21(33)4-5-31(3)24(32)34/h4-7,9,13,15,28H,8,10-12H2,1-3H3. The van der Waals surface area contributed by atoms with Gasteiger partial charge in [-0.1, -0.05) is 23.2 Å². The predicted octanol–water partition coefficient (Wildman–Crippen LogP) is 3.88. The molecule has 5 rings (SSSR count). The number of aromatic nitrogens is 4. The maximum atomic E-state index is 12.5. The van der Waals surface area contributed by atoms with Gasteiger partial charge in [-0.2, -0.15) is 0 Å². The van der Waals surface area contributed by atoms with Gasteiger partial charge in [0.1, 0.15) is 6.33 Å². The monoisotopic (exact) mass is 545 g/mol. The van der Waals surface area contributed by atoms with Gasteiger partial charge in [-0.3, -0.25) is 9.36 Å². The molecule has 1 fully saturated rings. The van der Waals surface area contributed by atoms with Gasteiger partial charge in [0.15, 0.2) is 0 Å². The number of thiophene rings is 1. The summed E-state index contributed by atoms with van der Waals surface area (Å²) in [5, 5.41) is 4.48. The highest BCUT2D eigenvalue weighted by Gasteiger charge is 2.30. The zero-order chi connectivity index (χ0) is 25.6. The van der Waals surface area contributed by atoms with Crippen molar-refractivity contribution in [3.8, 4) is 11.3 Å². The second-order valence-electron chi connectivity index (χ2n) is 9.53. The molecule has 1 saturated heterocycles. The average molecular weight is 546 g/mol. The number of halogens is 2. The largest absolute Gasteiger partial charge is 0.369 e. The minimum absolute atomic E-state index is 0.0661. The molecule has 11 heteroatoms. The van der Waals surface area contributed by atoms with E-state index in [1.165, 1.54) is 39.1 Å². The maximum Gasteiger partial charge on any atom is 0.331 e. The van der Waals surface area contributed by atoms with Crippen molar-refractivity contribution in [3.63, 3.8) is 0 Å². The summed E-state index contributed by atoms with van der Waals surface area (Å²) in [5.41, 5.74) is 2.13. The van der Waals surface area contributed by atoms with Gasteiger partial charge in [0.2, 0.25) is 0 Å². The van der Waals surface area contributed by atoms with E-state index in [4.69, 9.17) is 27.9 Å². The Bertz CT molecular complexity index is 1580. The summed E-state index contributed by atoms with van der Waals surface area (Å²) in [4.78, 5) is 34.7. The van der Waals surface area contributed by atoms with Crippen molar-refractivity contribution < 1.29 is 4.74 Å². The molecular weight excluding hydrogens is 521 g/mol. The van der Waals surface area contributed by atoms with Crippen molar-refractivity contribution in [3.05, 3.63) is 78.1 Å². The Balaban J connectivity index is 1.58. The smallest absolute Gasteiger partial charge is 0.331 e. The highest BCUT2D eigenvalue weighted by Crippen LogP contribution is 2.39. The first-order valence-electron chi connectivity index (χ1n) is 11.5. The number of nitrogens with zero attached hydrogens (tertiary/aromatic N) is 4. The number of fused-ring (bicyclic) bond motifs is 1. The molecule has 0 spiro atoms. The fourth-order valence-electron chi connectivity index (χ4n) is 4.52. The van der Waals surface area contributed by atoms with Gasteiger partial charge in [0, 0.05) is 59.3 Å². The number of rotatable bonds is 5. The fraction of sp³-hybridized carbons (Fsp3) is 0.360. The number of benzene rings is 1. The van der Waals surface area contributed by atoms with Gasteiger partial charge in [-0.15, -0.1) is 11.3 Å². The Hall–Kier alpha value is -2.56. The van der Waals surface area contributed by atoms with Crippen molar-refractivity contribution in [1.82, 2.24) is 24.4 Å². The van der Waals surface area contributed by atoms with Gasteiger partial charge >= 0.3 is 5.69 Å². The zero-order valence-corrected chi connectivity index (χ0v) is 22.4. The van der Waals surface area contributed by atoms with E-state index in [2.05, 4.69) is 29.1 Å². The van der Waals surface area contributed by atoms with E-state index in [1.807, 2.05) is 12.1 Å². The normalized spacial score (nSPS) is 17.5. The Labute approximate surface area is 221 Å². The van der Waals surface area contributed by atoms with Crippen LogP contribution >= 0.6 is 34.5 Å². The number of aryl methyl sites for hydroxylation is 1. The lowest BCUT2D eigenvalue weighted by molar-refractivity contribution is -0.0927. The van der Waals surface area contributed by atoms with Crippen LogP contribution in [0.4, 0.5) is 0 Å². The van der Waals surface area contributed by atoms with Crippen molar-refractivity contribution in [2.24, 2.45) is 7.05 Å². The van der Waals surface area contributed by atoms with Crippen LogP contribution in [-0.4, -0.2) is 43.9 Å². The topological polar surface area (TPSA) is 91.0 Å². The first kappa shape index (κ1) is 25.1. The van der Waals surface area contributed by atoms with Crippen molar-refractivity contribution >= 4 is 44.8 Å². The van der Waals surface area contributed by atoms with Crippen molar-refractivity contribution in [2.75, 3.05) is 13.1 Å². The lowest BCUT2D eigenvalue weighted by Gasteiger charge is -2.37. The second kappa shape index (κ2) is 9.72. The van der Waals surface area contributed by atoms with Crippen LogP contribution in [0, 0.1) is 0 Å². The van der Waals surface area contributed by atoms with E-state index >= 15 is 0 Å². The molecule has 3 aromatic heterocycles. The van der Waals surface area contributed by atoms with E-state index in [1.54, 1.807) is 13.1 Å². The lowest BCUT2D eigenvalue weighted by atomic mass is 9.96. The molecule has 8 nitrogen and oxygen atoms in total. The molecule has 1 atom stereocenters. The molecule has 0 aliphatic carbocycles. The quantitative estimate of drug-likeness (QED) is 0.409. The van der Waals surface area contributed by atoms with Crippen LogP contribution in [-0.2, 0) is 24.8 Å². The summed E-state index contributed by atoms with van der Waals surface area (Å²) in [6.45, 7) is 5.76. The molecule has 1 aliphatic heterocycles. The molecule has 4 heterocycles. The molecule has 1 aromatic carbocycles. The van der Waals surface area contributed by atoms with Crippen LogP contribution in [0.15, 0.2) is 46.4 Å². The van der Waals surface area contributed by atoms with Crippen molar-refractivity contribution in [2.45, 2.75) is 38.5 Å². The Kier molecular flexibility index (Phi) is 6.78. The minimum Gasteiger partial charge on any atom is -0.369 e. The molecular formula is C25H25Cl2N5O3S. The molecule has 188 valence electrons. The van der Waals surface area contributed by atoms with E-state index in [-0.39, 0.29) is 29.5 Å². The summed E-state index contributed by atoms with van der Waals surface area (Å²) < 4.78 is 9.71. The third-order valence-electron chi connectivity index (χ3n) is 6.17. The van der Waals surface area contributed by atoms with E-state index in [0.717, 1.165) is 32.8 Å². The molecule has 0 radical (unpaired) electrons. The number of nitrogens with one attached hydrogen (secondary N) is 1. The predicted molar refractivity (Wildman–Crippen MR) is 143 cm³/mol. The lowest BCUT2D eigenvalue weighted by Crippen LogP contribution is -2.51. The molecule has 0 amide bonds. The Morgan fingerprint density at radius 3 is 2.81 bits per heavy atom. The van der Waals surface area contributed by atoms with Crippen LogP contribution in [0.25, 0.3) is 21.5 Å². The summed E-state index contributed by atoms with van der Waals surface area (Å²) in [6.07, 6.45) is 3.49. The third kappa shape index (κ3) is 4.99.